The van der Waals surface area contributed by atoms with E-state index in [0.717, 1.165) is 45.0 Å². The molecule has 1 aliphatic heterocycles. The normalized spacial score (nSPS) is 15.8. The van der Waals surface area contributed by atoms with Gasteiger partial charge in [0.15, 0.2) is 5.84 Å². The first-order chi connectivity index (χ1) is 13.6. The Morgan fingerprint density at radius 3 is 2.00 bits per heavy atom. The molecule has 0 unspecified atom stereocenters. The van der Waals surface area contributed by atoms with Gasteiger partial charge in [0.2, 0.25) is 5.71 Å². The minimum Gasteiger partial charge on any atom is -0.382 e. The van der Waals surface area contributed by atoms with Crippen LogP contribution in [0.4, 0.5) is 5.69 Å². The van der Waals surface area contributed by atoms with E-state index < -0.39 is 0 Å². The SMILES string of the molecule is N#C/C(=N\Nc1ccc(CN2CCN(Cc3ccccc3)CC2)cc1)C(=N)N. The molecule has 0 bridgehead atoms. The molecule has 1 saturated heterocycles. The maximum Gasteiger partial charge on any atom is 0.201 e. The summed E-state index contributed by atoms with van der Waals surface area (Å²) in [5.74, 6) is -0.349. The minimum atomic E-state index is -0.349. The second kappa shape index (κ2) is 9.65. The van der Waals surface area contributed by atoms with Crippen LogP contribution in [0.15, 0.2) is 59.7 Å². The molecule has 3 rings (SSSR count). The summed E-state index contributed by atoms with van der Waals surface area (Å²) in [5.41, 5.74) is 11.3. The summed E-state index contributed by atoms with van der Waals surface area (Å²) >= 11 is 0. The van der Waals surface area contributed by atoms with Crippen molar-refractivity contribution < 1.29 is 0 Å². The molecule has 2 aromatic rings. The Hall–Kier alpha value is -3.21. The standard InChI is InChI=1S/C21H25N7/c22-14-20(21(23)24)26-25-19-8-6-18(7-9-19)16-28-12-10-27(11-13-28)15-17-4-2-1-3-5-17/h1-9,25H,10-13,15-16H2,(H3,23,24)/b26-20+. The number of nitrogens with two attached hydrogens (primary N) is 1. The molecule has 7 heteroatoms. The van der Waals surface area contributed by atoms with Crippen molar-refractivity contribution in [2.45, 2.75) is 13.1 Å². The smallest absolute Gasteiger partial charge is 0.201 e. The number of hydrogen-bond acceptors (Lipinski definition) is 6. The Labute approximate surface area is 165 Å². The van der Waals surface area contributed by atoms with E-state index >= 15 is 0 Å². The molecule has 7 nitrogen and oxygen atoms in total. The van der Waals surface area contributed by atoms with Crippen LogP contribution in [0.3, 0.4) is 0 Å². The molecule has 0 radical (unpaired) electrons. The zero-order valence-electron chi connectivity index (χ0n) is 15.8. The van der Waals surface area contributed by atoms with Crippen LogP contribution in [-0.4, -0.2) is 47.5 Å². The molecule has 1 aliphatic rings. The first-order valence-electron chi connectivity index (χ1n) is 9.30. The fraction of sp³-hybridized carbons (Fsp3) is 0.286. The summed E-state index contributed by atoms with van der Waals surface area (Å²) in [7, 11) is 0. The van der Waals surface area contributed by atoms with Gasteiger partial charge in [-0.25, -0.2) is 0 Å². The topological polar surface area (TPSA) is 105 Å². The third-order valence-electron chi connectivity index (χ3n) is 4.73. The van der Waals surface area contributed by atoms with E-state index in [4.69, 9.17) is 16.4 Å². The fourth-order valence-corrected chi connectivity index (χ4v) is 3.16. The fourth-order valence-electron chi connectivity index (χ4n) is 3.16. The van der Waals surface area contributed by atoms with Gasteiger partial charge in [-0.3, -0.25) is 20.6 Å². The quantitative estimate of drug-likeness (QED) is 0.391. The first-order valence-corrected chi connectivity index (χ1v) is 9.30. The van der Waals surface area contributed by atoms with Gasteiger partial charge < -0.3 is 5.73 Å². The van der Waals surface area contributed by atoms with E-state index in [1.807, 2.05) is 24.3 Å². The van der Waals surface area contributed by atoms with Gasteiger partial charge in [0.1, 0.15) is 6.07 Å². The largest absolute Gasteiger partial charge is 0.382 e. The molecule has 0 saturated carbocycles. The Morgan fingerprint density at radius 1 is 0.964 bits per heavy atom. The predicted molar refractivity (Wildman–Crippen MR) is 112 cm³/mol. The molecule has 4 N–H and O–H groups in total. The van der Waals surface area contributed by atoms with Crippen molar-refractivity contribution in [3.8, 4) is 6.07 Å². The van der Waals surface area contributed by atoms with E-state index in [-0.39, 0.29) is 11.5 Å². The second-order valence-electron chi connectivity index (χ2n) is 6.83. The highest BCUT2D eigenvalue weighted by molar-refractivity contribution is 6.45. The number of benzene rings is 2. The van der Waals surface area contributed by atoms with Crippen LogP contribution in [0.1, 0.15) is 11.1 Å². The number of nitriles is 1. The monoisotopic (exact) mass is 375 g/mol. The third-order valence-corrected chi connectivity index (χ3v) is 4.73. The van der Waals surface area contributed by atoms with Gasteiger partial charge in [0.25, 0.3) is 0 Å². The Morgan fingerprint density at radius 2 is 1.50 bits per heavy atom. The molecule has 1 fully saturated rings. The lowest BCUT2D eigenvalue weighted by molar-refractivity contribution is 0.122. The van der Waals surface area contributed by atoms with Crippen LogP contribution < -0.4 is 11.2 Å². The molecule has 144 valence electrons. The van der Waals surface area contributed by atoms with Gasteiger partial charge in [0, 0.05) is 39.3 Å². The highest BCUT2D eigenvalue weighted by atomic mass is 15.3. The Kier molecular flexibility index (Phi) is 6.73. The van der Waals surface area contributed by atoms with Gasteiger partial charge in [0.05, 0.1) is 5.69 Å². The second-order valence-corrected chi connectivity index (χ2v) is 6.83. The molecule has 0 aliphatic carbocycles. The maximum absolute atomic E-state index is 8.85. The molecular weight excluding hydrogens is 350 g/mol. The lowest BCUT2D eigenvalue weighted by Gasteiger charge is -2.34. The number of piperazine rings is 1. The number of nitrogens with zero attached hydrogens (tertiary/aromatic N) is 4. The lowest BCUT2D eigenvalue weighted by Crippen LogP contribution is -2.45. The van der Waals surface area contributed by atoms with Gasteiger partial charge >= 0.3 is 0 Å². The van der Waals surface area contributed by atoms with Crippen molar-refractivity contribution in [2.24, 2.45) is 10.8 Å². The van der Waals surface area contributed by atoms with Crippen LogP contribution in [-0.2, 0) is 13.1 Å². The van der Waals surface area contributed by atoms with Gasteiger partial charge in [-0.2, -0.15) is 10.4 Å². The number of hydrogen-bond donors (Lipinski definition) is 3. The van der Waals surface area contributed by atoms with E-state index in [2.05, 4.69) is 50.7 Å². The molecule has 1 heterocycles. The lowest BCUT2D eigenvalue weighted by atomic mass is 10.1. The molecule has 0 atom stereocenters. The van der Waals surface area contributed by atoms with Crippen molar-refractivity contribution in [3.05, 3.63) is 65.7 Å². The summed E-state index contributed by atoms with van der Waals surface area (Å²) in [6.45, 7) is 6.19. The van der Waals surface area contributed by atoms with Crippen LogP contribution in [0, 0.1) is 16.7 Å². The van der Waals surface area contributed by atoms with Gasteiger partial charge in [-0.05, 0) is 23.3 Å². The van der Waals surface area contributed by atoms with Crippen LogP contribution >= 0.6 is 0 Å². The predicted octanol–water partition coefficient (Wildman–Crippen LogP) is 2.23. The van der Waals surface area contributed by atoms with Crippen LogP contribution in [0.2, 0.25) is 0 Å². The third kappa shape index (κ3) is 5.64. The zero-order chi connectivity index (χ0) is 19.8. The van der Waals surface area contributed by atoms with Crippen LogP contribution in [0.5, 0.6) is 0 Å². The van der Waals surface area contributed by atoms with Crippen LogP contribution in [0.25, 0.3) is 0 Å². The molecule has 0 aromatic heterocycles. The van der Waals surface area contributed by atoms with Crippen molar-refractivity contribution in [1.29, 1.82) is 10.7 Å². The van der Waals surface area contributed by atoms with Crippen molar-refractivity contribution >= 4 is 17.2 Å². The summed E-state index contributed by atoms with van der Waals surface area (Å²) < 4.78 is 0. The highest BCUT2D eigenvalue weighted by Crippen LogP contribution is 2.14. The van der Waals surface area contributed by atoms with Gasteiger partial charge in [-0.15, -0.1) is 0 Å². The van der Waals surface area contributed by atoms with Crippen molar-refractivity contribution in [2.75, 3.05) is 31.6 Å². The number of amidine groups is 1. The van der Waals surface area contributed by atoms with E-state index in [0.29, 0.717) is 0 Å². The van der Waals surface area contributed by atoms with Gasteiger partial charge in [-0.1, -0.05) is 42.5 Å². The first kappa shape index (κ1) is 19.5. The van der Waals surface area contributed by atoms with E-state index in [1.165, 1.54) is 11.1 Å². The summed E-state index contributed by atoms with van der Waals surface area (Å²) in [6.07, 6.45) is 0. The van der Waals surface area contributed by atoms with Crippen molar-refractivity contribution in [3.63, 3.8) is 0 Å². The Bertz CT molecular complexity index is 845. The average Bonchev–Trinajstić information content (AvgIpc) is 2.72. The summed E-state index contributed by atoms with van der Waals surface area (Å²) in [4.78, 5) is 4.96. The average molecular weight is 375 g/mol. The molecular formula is C21H25N7. The molecule has 0 amide bonds. The summed E-state index contributed by atoms with van der Waals surface area (Å²) in [5, 5.41) is 19.9. The molecule has 28 heavy (non-hydrogen) atoms. The Balaban J connectivity index is 1.46. The molecule has 2 aromatic carbocycles. The number of rotatable bonds is 7. The minimum absolute atomic E-state index is 0.127. The zero-order valence-corrected chi connectivity index (χ0v) is 15.8. The molecule has 0 spiro atoms. The number of anilines is 1. The summed E-state index contributed by atoms with van der Waals surface area (Å²) in [6, 6.07) is 20.3. The van der Waals surface area contributed by atoms with E-state index in [1.54, 1.807) is 6.07 Å². The van der Waals surface area contributed by atoms with Crippen molar-refractivity contribution in [1.82, 2.24) is 9.80 Å². The number of hydrazone groups is 1. The maximum atomic E-state index is 8.85. The number of nitrogens with one attached hydrogen (secondary N) is 2. The van der Waals surface area contributed by atoms with E-state index in [9.17, 15) is 0 Å². The highest BCUT2D eigenvalue weighted by Gasteiger charge is 2.17.